The molecule has 0 saturated heterocycles. The zero-order valence-electron chi connectivity index (χ0n) is 13.1. The van der Waals surface area contributed by atoms with Crippen molar-refractivity contribution in [1.29, 1.82) is 0 Å². The SMILES string of the molecule is O=Cc1cc(-c2cccc(C(F)(F)F)c2)[nH]c1-c1ccccc1[N+](=O)[O-]. The molecule has 5 nitrogen and oxygen atoms in total. The second-order valence-corrected chi connectivity index (χ2v) is 5.48. The van der Waals surface area contributed by atoms with Crippen molar-refractivity contribution in [2.45, 2.75) is 6.18 Å². The molecule has 0 fully saturated rings. The molecule has 1 aromatic heterocycles. The van der Waals surface area contributed by atoms with Crippen molar-refractivity contribution in [2.75, 3.05) is 0 Å². The summed E-state index contributed by atoms with van der Waals surface area (Å²) in [5, 5.41) is 11.2. The van der Waals surface area contributed by atoms with Crippen LogP contribution in [-0.2, 0) is 6.18 Å². The molecule has 26 heavy (non-hydrogen) atoms. The van der Waals surface area contributed by atoms with Crippen molar-refractivity contribution in [3.8, 4) is 22.5 Å². The third kappa shape index (κ3) is 3.21. The highest BCUT2D eigenvalue weighted by Gasteiger charge is 2.30. The number of aldehydes is 1. The van der Waals surface area contributed by atoms with Gasteiger partial charge in [-0.3, -0.25) is 14.9 Å². The van der Waals surface area contributed by atoms with Gasteiger partial charge >= 0.3 is 6.18 Å². The van der Waals surface area contributed by atoms with Crippen molar-refractivity contribution in [2.24, 2.45) is 0 Å². The fourth-order valence-corrected chi connectivity index (χ4v) is 2.65. The molecule has 2 aromatic carbocycles. The highest BCUT2D eigenvalue weighted by Crippen LogP contribution is 2.36. The van der Waals surface area contributed by atoms with Gasteiger partial charge < -0.3 is 4.98 Å². The molecule has 3 rings (SSSR count). The number of nitro groups is 1. The number of hydrogen-bond donors (Lipinski definition) is 1. The first-order chi connectivity index (χ1) is 12.3. The Morgan fingerprint density at radius 1 is 1.04 bits per heavy atom. The number of benzene rings is 2. The second-order valence-electron chi connectivity index (χ2n) is 5.48. The normalized spacial score (nSPS) is 11.3. The number of aromatic amines is 1. The highest BCUT2D eigenvalue weighted by atomic mass is 19.4. The van der Waals surface area contributed by atoms with Gasteiger partial charge in [0.15, 0.2) is 6.29 Å². The summed E-state index contributed by atoms with van der Waals surface area (Å²) in [6.45, 7) is 0. The summed E-state index contributed by atoms with van der Waals surface area (Å²) in [7, 11) is 0. The van der Waals surface area contributed by atoms with E-state index in [0.717, 1.165) is 12.1 Å². The predicted molar refractivity (Wildman–Crippen MR) is 88.7 cm³/mol. The summed E-state index contributed by atoms with van der Waals surface area (Å²) in [6, 6.07) is 11.8. The summed E-state index contributed by atoms with van der Waals surface area (Å²) >= 11 is 0. The number of carbonyl (C=O) groups excluding carboxylic acids is 1. The van der Waals surface area contributed by atoms with Crippen LogP contribution in [0.2, 0.25) is 0 Å². The van der Waals surface area contributed by atoms with E-state index in [1.807, 2.05) is 0 Å². The van der Waals surface area contributed by atoms with Gasteiger partial charge in [-0.05, 0) is 29.8 Å². The third-order valence-electron chi connectivity index (χ3n) is 3.85. The van der Waals surface area contributed by atoms with E-state index in [-0.39, 0.29) is 33.8 Å². The quantitative estimate of drug-likeness (QED) is 0.400. The molecule has 0 spiro atoms. The molecule has 0 aliphatic rings. The number of hydrogen-bond acceptors (Lipinski definition) is 3. The number of nitrogens with zero attached hydrogens (tertiary/aromatic N) is 1. The molecule has 8 heteroatoms. The molecular weight excluding hydrogens is 349 g/mol. The first-order valence-electron chi connectivity index (χ1n) is 7.41. The maximum atomic E-state index is 12.9. The van der Waals surface area contributed by atoms with Gasteiger partial charge in [0.2, 0.25) is 0 Å². The Kier molecular flexibility index (Phi) is 4.33. The Bertz CT molecular complexity index is 993. The van der Waals surface area contributed by atoms with E-state index in [0.29, 0.717) is 6.29 Å². The molecule has 0 aliphatic heterocycles. The van der Waals surface area contributed by atoms with Crippen LogP contribution in [-0.4, -0.2) is 16.2 Å². The van der Waals surface area contributed by atoms with Crippen molar-refractivity contribution in [3.63, 3.8) is 0 Å². The fraction of sp³-hybridized carbons (Fsp3) is 0.0556. The highest BCUT2D eigenvalue weighted by molar-refractivity contribution is 5.91. The molecule has 0 saturated carbocycles. The molecule has 0 unspecified atom stereocenters. The lowest BCUT2D eigenvalue weighted by Gasteiger charge is -2.08. The monoisotopic (exact) mass is 360 g/mol. The minimum atomic E-state index is -4.50. The molecule has 1 heterocycles. The van der Waals surface area contributed by atoms with Crippen LogP contribution in [0, 0.1) is 10.1 Å². The van der Waals surface area contributed by atoms with Gasteiger partial charge in [0.1, 0.15) is 0 Å². The Morgan fingerprint density at radius 3 is 2.42 bits per heavy atom. The lowest BCUT2D eigenvalue weighted by atomic mass is 10.1. The van der Waals surface area contributed by atoms with Crippen LogP contribution < -0.4 is 0 Å². The van der Waals surface area contributed by atoms with E-state index in [1.165, 1.54) is 36.4 Å². The van der Waals surface area contributed by atoms with Crippen molar-refractivity contribution >= 4 is 12.0 Å². The van der Waals surface area contributed by atoms with Gasteiger partial charge in [-0.15, -0.1) is 0 Å². The molecular formula is C18H11F3N2O3. The summed E-state index contributed by atoms with van der Waals surface area (Å²) < 4.78 is 38.7. The number of nitro benzene ring substituents is 1. The van der Waals surface area contributed by atoms with Gasteiger partial charge in [0, 0.05) is 17.3 Å². The predicted octanol–water partition coefficient (Wildman–Crippen LogP) is 5.09. The largest absolute Gasteiger partial charge is 0.416 e. The number of alkyl halides is 3. The zero-order valence-corrected chi connectivity index (χ0v) is 13.1. The van der Waals surface area contributed by atoms with Crippen LogP contribution in [0.3, 0.4) is 0 Å². The molecule has 132 valence electrons. The third-order valence-corrected chi connectivity index (χ3v) is 3.85. The summed E-state index contributed by atoms with van der Waals surface area (Å²) in [4.78, 5) is 24.8. The zero-order chi connectivity index (χ0) is 18.9. The lowest BCUT2D eigenvalue weighted by molar-refractivity contribution is -0.384. The molecule has 3 aromatic rings. The van der Waals surface area contributed by atoms with Crippen LogP contribution in [0.1, 0.15) is 15.9 Å². The number of carbonyl (C=O) groups is 1. The average molecular weight is 360 g/mol. The standard InChI is InChI=1S/C18H11F3N2O3/c19-18(20,21)13-5-3-4-11(8-13)15-9-12(10-24)17(22-15)14-6-1-2-7-16(14)23(25)26/h1-10,22H. The summed E-state index contributed by atoms with van der Waals surface area (Å²) in [6.07, 6.45) is -4.00. The van der Waals surface area contributed by atoms with E-state index < -0.39 is 16.7 Å². The maximum absolute atomic E-state index is 12.9. The fourth-order valence-electron chi connectivity index (χ4n) is 2.65. The summed E-state index contributed by atoms with van der Waals surface area (Å²) in [5.41, 5.74) is -0.0964. The second kappa shape index (κ2) is 6.47. The molecule has 0 radical (unpaired) electrons. The van der Waals surface area contributed by atoms with Gasteiger partial charge in [-0.25, -0.2) is 0 Å². The molecule has 0 aliphatic carbocycles. The Morgan fingerprint density at radius 2 is 1.77 bits per heavy atom. The van der Waals surface area contributed by atoms with Crippen molar-refractivity contribution in [3.05, 3.63) is 75.8 Å². The van der Waals surface area contributed by atoms with E-state index >= 15 is 0 Å². The number of rotatable bonds is 4. The van der Waals surface area contributed by atoms with E-state index in [9.17, 15) is 28.1 Å². The lowest BCUT2D eigenvalue weighted by Crippen LogP contribution is -2.04. The topological polar surface area (TPSA) is 76.0 Å². The average Bonchev–Trinajstić information content (AvgIpc) is 3.05. The minimum absolute atomic E-state index is 0.117. The number of halogens is 3. The Hall–Kier alpha value is -3.42. The molecule has 0 atom stereocenters. The van der Waals surface area contributed by atoms with Gasteiger partial charge in [-0.1, -0.05) is 24.3 Å². The van der Waals surface area contributed by atoms with Gasteiger partial charge in [0.05, 0.1) is 21.7 Å². The number of para-hydroxylation sites is 1. The molecule has 0 bridgehead atoms. The Balaban J connectivity index is 2.15. The van der Waals surface area contributed by atoms with E-state index in [1.54, 1.807) is 6.07 Å². The van der Waals surface area contributed by atoms with Gasteiger partial charge in [0.25, 0.3) is 5.69 Å². The number of H-pyrrole nitrogens is 1. The molecule has 1 N–H and O–H groups in total. The first kappa shape index (κ1) is 17.4. The number of aromatic nitrogens is 1. The van der Waals surface area contributed by atoms with Gasteiger partial charge in [-0.2, -0.15) is 13.2 Å². The van der Waals surface area contributed by atoms with Crippen molar-refractivity contribution in [1.82, 2.24) is 4.98 Å². The van der Waals surface area contributed by atoms with Crippen LogP contribution in [0.15, 0.2) is 54.6 Å². The van der Waals surface area contributed by atoms with Crippen molar-refractivity contribution < 1.29 is 22.9 Å². The minimum Gasteiger partial charge on any atom is -0.354 e. The number of nitrogens with one attached hydrogen (secondary N) is 1. The van der Waals surface area contributed by atoms with E-state index in [4.69, 9.17) is 0 Å². The van der Waals surface area contributed by atoms with E-state index in [2.05, 4.69) is 4.98 Å². The van der Waals surface area contributed by atoms with Crippen LogP contribution >= 0.6 is 0 Å². The summed E-state index contributed by atoms with van der Waals surface area (Å²) in [5.74, 6) is 0. The maximum Gasteiger partial charge on any atom is 0.416 e. The van der Waals surface area contributed by atoms with Crippen LogP contribution in [0.25, 0.3) is 22.5 Å². The Labute approximate surface area is 145 Å². The first-order valence-corrected chi connectivity index (χ1v) is 7.41. The smallest absolute Gasteiger partial charge is 0.354 e. The molecule has 0 amide bonds. The van der Waals surface area contributed by atoms with Crippen LogP contribution in [0.4, 0.5) is 18.9 Å². The van der Waals surface area contributed by atoms with Crippen LogP contribution in [0.5, 0.6) is 0 Å².